The molecule has 0 bridgehead atoms. The standard InChI is InChI=1S/C14H15F4NO2.ClH/c1-21-13(20)9-4-5-19-12(7-9)8-2-3-10(11(15)6-8)14(16,17)18;/h2-3,6,9,12,19H,4-5,7H2,1H3;1H. The number of esters is 1. The number of alkyl halides is 3. The van der Waals surface area contributed by atoms with E-state index in [1.807, 2.05) is 0 Å². The molecule has 1 N–H and O–H groups in total. The monoisotopic (exact) mass is 341 g/mol. The van der Waals surface area contributed by atoms with Gasteiger partial charge in [-0.1, -0.05) is 6.07 Å². The average Bonchev–Trinajstić information content (AvgIpc) is 2.45. The van der Waals surface area contributed by atoms with Gasteiger partial charge in [0, 0.05) is 6.04 Å². The number of piperidine rings is 1. The van der Waals surface area contributed by atoms with Crippen LogP contribution in [0.5, 0.6) is 0 Å². The van der Waals surface area contributed by atoms with Crippen LogP contribution < -0.4 is 5.32 Å². The van der Waals surface area contributed by atoms with Crippen molar-refractivity contribution in [2.45, 2.75) is 25.1 Å². The molecular formula is C14H16ClF4NO2. The van der Waals surface area contributed by atoms with Gasteiger partial charge in [0.2, 0.25) is 0 Å². The maximum absolute atomic E-state index is 13.6. The molecular weight excluding hydrogens is 326 g/mol. The van der Waals surface area contributed by atoms with Crippen molar-refractivity contribution in [3.05, 3.63) is 35.1 Å². The van der Waals surface area contributed by atoms with E-state index in [9.17, 15) is 22.4 Å². The van der Waals surface area contributed by atoms with E-state index < -0.39 is 17.6 Å². The van der Waals surface area contributed by atoms with Crippen LogP contribution in [0.2, 0.25) is 0 Å². The van der Waals surface area contributed by atoms with Crippen LogP contribution >= 0.6 is 12.4 Å². The Hall–Kier alpha value is -1.34. The van der Waals surface area contributed by atoms with Crippen molar-refractivity contribution in [3.8, 4) is 0 Å². The number of hydrogen-bond acceptors (Lipinski definition) is 3. The van der Waals surface area contributed by atoms with Crippen LogP contribution in [0, 0.1) is 11.7 Å². The molecule has 1 heterocycles. The molecule has 2 rings (SSSR count). The molecule has 1 aromatic carbocycles. The summed E-state index contributed by atoms with van der Waals surface area (Å²) in [5.41, 5.74) is -0.888. The molecule has 2 unspecified atom stereocenters. The molecule has 1 saturated heterocycles. The highest BCUT2D eigenvalue weighted by molar-refractivity contribution is 5.85. The quantitative estimate of drug-likeness (QED) is 0.661. The van der Waals surface area contributed by atoms with Gasteiger partial charge in [0.25, 0.3) is 0 Å². The van der Waals surface area contributed by atoms with Crippen LogP contribution in [0.3, 0.4) is 0 Å². The van der Waals surface area contributed by atoms with Crippen LogP contribution in [0.4, 0.5) is 17.6 Å². The molecule has 0 amide bonds. The Kier molecular flexibility index (Phi) is 6.19. The van der Waals surface area contributed by atoms with E-state index in [1.165, 1.54) is 13.2 Å². The molecule has 1 aliphatic rings. The Labute approximate surface area is 131 Å². The Morgan fingerprint density at radius 2 is 2.05 bits per heavy atom. The Morgan fingerprint density at radius 3 is 2.59 bits per heavy atom. The first-order valence-corrected chi connectivity index (χ1v) is 6.50. The first-order chi connectivity index (χ1) is 9.82. The lowest BCUT2D eigenvalue weighted by Crippen LogP contribution is -2.35. The maximum Gasteiger partial charge on any atom is 0.419 e. The third-order valence-electron chi connectivity index (χ3n) is 3.64. The molecule has 3 nitrogen and oxygen atoms in total. The summed E-state index contributed by atoms with van der Waals surface area (Å²) in [4.78, 5) is 11.5. The van der Waals surface area contributed by atoms with E-state index in [0.29, 0.717) is 24.9 Å². The van der Waals surface area contributed by atoms with E-state index >= 15 is 0 Å². The van der Waals surface area contributed by atoms with Gasteiger partial charge < -0.3 is 10.1 Å². The van der Waals surface area contributed by atoms with Gasteiger partial charge in [-0.05, 0) is 37.1 Å². The highest BCUT2D eigenvalue weighted by Gasteiger charge is 2.35. The molecule has 1 aliphatic heterocycles. The van der Waals surface area contributed by atoms with Crippen molar-refractivity contribution in [3.63, 3.8) is 0 Å². The number of halogens is 5. The molecule has 2 atom stereocenters. The number of rotatable bonds is 2. The average molecular weight is 342 g/mol. The second-order valence-corrected chi connectivity index (χ2v) is 4.99. The number of benzene rings is 1. The summed E-state index contributed by atoms with van der Waals surface area (Å²) < 4.78 is 55.8. The number of carbonyl (C=O) groups excluding carboxylic acids is 1. The van der Waals surface area contributed by atoms with E-state index in [4.69, 9.17) is 0 Å². The minimum Gasteiger partial charge on any atom is -0.469 e. The molecule has 124 valence electrons. The summed E-state index contributed by atoms with van der Waals surface area (Å²) in [5.74, 6) is -1.98. The molecule has 1 aromatic rings. The van der Waals surface area contributed by atoms with Crippen LogP contribution in [-0.4, -0.2) is 19.6 Å². The highest BCUT2D eigenvalue weighted by Crippen LogP contribution is 2.34. The number of hydrogen-bond donors (Lipinski definition) is 1. The molecule has 1 fully saturated rings. The minimum atomic E-state index is -4.71. The third-order valence-corrected chi connectivity index (χ3v) is 3.64. The Balaban J connectivity index is 0.00000242. The summed E-state index contributed by atoms with van der Waals surface area (Å²) >= 11 is 0. The van der Waals surface area contributed by atoms with Gasteiger partial charge in [0.05, 0.1) is 18.6 Å². The fourth-order valence-electron chi connectivity index (χ4n) is 2.53. The smallest absolute Gasteiger partial charge is 0.419 e. The van der Waals surface area contributed by atoms with Gasteiger partial charge >= 0.3 is 12.1 Å². The largest absolute Gasteiger partial charge is 0.469 e. The Morgan fingerprint density at radius 1 is 1.36 bits per heavy atom. The fraction of sp³-hybridized carbons (Fsp3) is 0.500. The molecule has 0 aromatic heterocycles. The summed E-state index contributed by atoms with van der Waals surface area (Å²) in [6.07, 6.45) is -3.75. The molecule has 8 heteroatoms. The van der Waals surface area contributed by atoms with Crippen molar-refractivity contribution in [1.29, 1.82) is 0 Å². The topological polar surface area (TPSA) is 38.3 Å². The Bertz CT molecular complexity index is 536. The number of carbonyl (C=O) groups is 1. The van der Waals surface area contributed by atoms with E-state index in [-0.39, 0.29) is 30.3 Å². The zero-order valence-corrected chi connectivity index (χ0v) is 12.6. The SMILES string of the molecule is COC(=O)C1CCNC(c2ccc(C(F)(F)F)c(F)c2)C1.Cl. The summed E-state index contributed by atoms with van der Waals surface area (Å²) in [6.45, 7) is 0.521. The van der Waals surface area contributed by atoms with E-state index in [1.54, 1.807) is 0 Å². The van der Waals surface area contributed by atoms with Crippen LogP contribution in [0.1, 0.15) is 30.0 Å². The van der Waals surface area contributed by atoms with E-state index in [2.05, 4.69) is 10.1 Å². The van der Waals surface area contributed by atoms with Crippen molar-refractivity contribution < 1.29 is 27.1 Å². The van der Waals surface area contributed by atoms with Crippen LogP contribution in [0.15, 0.2) is 18.2 Å². The van der Waals surface area contributed by atoms with Crippen molar-refractivity contribution in [1.82, 2.24) is 5.32 Å². The van der Waals surface area contributed by atoms with E-state index in [0.717, 1.165) is 12.1 Å². The maximum atomic E-state index is 13.6. The normalized spacial score (nSPS) is 21.9. The summed E-state index contributed by atoms with van der Waals surface area (Å²) in [7, 11) is 1.29. The van der Waals surface area contributed by atoms with Crippen molar-refractivity contribution >= 4 is 18.4 Å². The third kappa shape index (κ3) is 4.10. The molecule has 0 saturated carbocycles. The lowest BCUT2D eigenvalue weighted by Gasteiger charge is -2.29. The predicted octanol–water partition coefficient (Wildman–Crippen LogP) is 3.48. The van der Waals surface area contributed by atoms with Crippen LogP contribution in [-0.2, 0) is 15.7 Å². The van der Waals surface area contributed by atoms with Gasteiger partial charge in [0.15, 0.2) is 0 Å². The van der Waals surface area contributed by atoms with Crippen molar-refractivity contribution in [2.24, 2.45) is 5.92 Å². The second kappa shape index (κ2) is 7.28. The number of methoxy groups -OCH3 is 1. The fourth-order valence-corrected chi connectivity index (χ4v) is 2.53. The molecule has 0 spiro atoms. The van der Waals surface area contributed by atoms with Gasteiger partial charge in [0.1, 0.15) is 5.82 Å². The molecule has 22 heavy (non-hydrogen) atoms. The second-order valence-electron chi connectivity index (χ2n) is 4.99. The molecule has 0 radical (unpaired) electrons. The number of ether oxygens (including phenoxy) is 1. The lowest BCUT2D eigenvalue weighted by molar-refractivity contribution is -0.146. The first-order valence-electron chi connectivity index (χ1n) is 6.50. The van der Waals surface area contributed by atoms with Crippen molar-refractivity contribution in [2.75, 3.05) is 13.7 Å². The van der Waals surface area contributed by atoms with Gasteiger partial charge in [-0.3, -0.25) is 4.79 Å². The summed E-state index contributed by atoms with van der Waals surface area (Å²) in [6, 6.07) is 2.48. The minimum absolute atomic E-state index is 0. The zero-order chi connectivity index (χ0) is 15.6. The zero-order valence-electron chi connectivity index (χ0n) is 11.7. The van der Waals surface area contributed by atoms with Gasteiger partial charge in [-0.25, -0.2) is 4.39 Å². The van der Waals surface area contributed by atoms with Gasteiger partial charge in [-0.15, -0.1) is 12.4 Å². The first kappa shape index (κ1) is 18.7. The number of nitrogens with one attached hydrogen (secondary N) is 1. The lowest BCUT2D eigenvalue weighted by atomic mass is 9.88. The van der Waals surface area contributed by atoms with Crippen LogP contribution in [0.25, 0.3) is 0 Å². The highest BCUT2D eigenvalue weighted by atomic mass is 35.5. The predicted molar refractivity (Wildman–Crippen MR) is 74.1 cm³/mol. The van der Waals surface area contributed by atoms with Gasteiger partial charge in [-0.2, -0.15) is 13.2 Å². The summed E-state index contributed by atoms with van der Waals surface area (Å²) in [5, 5.41) is 3.07. The molecule has 0 aliphatic carbocycles.